The summed E-state index contributed by atoms with van der Waals surface area (Å²) in [5.74, 6) is 0. The minimum Gasteiger partial charge on any atom is -0.0530 e. The molecule has 0 N–H and O–H groups in total. The molecule has 0 spiro atoms. The molecule has 3 aromatic rings. The molecule has 3 aromatic carbocycles. The molecule has 0 fully saturated rings. The van der Waals surface area contributed by atoms with Gasteiger partial charge in [-0.25, -0.2) is 0 Å². The van der Waals surface area contributed by atoms with Gasteiger partial charge >= 0.3 is 0 Å². The zero-order chi connectivity index (χ0) is 18.4. The second kappa shape index (κ2) is 5.23. The fraction of sp³-hybridized carbons (Fsp3) is 0.250. The van der Waals surface area contributed by atoms with Crippen LogP contribution in [-0.2, 0) is 10.8 Å². The standard InChI is InChI=1S/C24H20BrI/c1-23(2)19-9-13(25)5-7-15(19)17-11-22-18(12-21(17)23)16-8-6-14(26)10-20(16)24(22,3)4/h5-12H,1-4H3. The van der Waals surface area contributed by atoms with E-state index in [0.29, 0.717) is 0 Å². The van der Waals surface area contributed by atoms with E-state index in [1.165, 1.54) is 48.1 Å². The largest absolute Gasteiger partial charge is 0.0530 e. The van der Waals surface area contributed by atoms with Crippen molar-refractivity contribution in [2.24, 2.45) is 0 Å². The van der Waals surface area contributed by atoms with Crippen molar-refractivity contribution in [3.8, 4) is 22.3 Å². The predicted molar refractivity (Wildman–Crippen MR) is 122 cm³/mol. The zero-order valence-corrected chi connectivity index (χ0v) is 19.1. The molecule has 2 aliphatic carbocycles. The summed E-state index contributed by atoms with van der Waals surface area (Å²) in [6.07, 6.45) is 0. The highest BCUT2D eigenvalue weighted by Crippen LogP contribution is 2.56. The Balaban J connectivity index is 1.84. The zero-order valence-electron chi connectivity index (χ0n) is 15.4. The van der Waals surface area contributed by atoms with E-state index in [0.717, 1.165) is 4.47 Å². The maximum atomic E-state index is 3.66. The van der Waals surface area contributed by atoms with Gasteiger partial charge < -0.3 is 0 Å². The Morgan fingerprint density at radius 1 is 0.615 bits per heavy atom. The Labute approximate surface area is 177 Å². The van der Waals surface area contributed by atoms with Crippen molar-refractivity contribution >= 4 is 38.5 Å². The lowest BCUT2D eigenvalue weighted by molar-refractivity contribution is 0.651. The van der Waals surface area contributed by atoms with Crippen molar-refractivity contribution in [1.29, 1.82) is 0 Å². The van der Waals surface area contributed by atoms with Crippen molar-refractivity contribution in [3.63, 3.8) is 0 Å². The molecule has 0 saturated carbocycles. The van der Waals surface area contributed by atoms with E-state index in [9.17, 15) is 0 Å². The lowest BCUT2D eigenvalue weighted by Crippen LogP contribution is -2.17. The predicted octanol–water partition coefficient (Wildman–Crippen LogP) is 7.67. The van der Waals surface area contributed by atoms with Gasteiger partial charge in [0.05, 0.1) is 0 Å². The van der Waals surface area contributed by atoms with Crippen molar-refractivity contribution < 1.29 is 0 Å². The molecular weight excluding hydrogens is 495 g/mol. The molecule has 130 valence electrons. The molecule has 2 heteroatoms. The van der Waals surface area contributed by atoms with Crippen LogP contribution in [-0.4, -0.2) is 0 Å². The third-order valence-corrected chi connectivity index (χ3v) is 7.56. The fourth-order valence-electron chi connectivity index (χ4n) is 4.91. The van der Waals surface area contributed by atoms with E-state index in [2.05, 4.69) is 115 Å². The van der Waals surface area contributed by atoms with E-state index < -0.39 is 0 Å². The van der Waals surface area contributed by atoms with Crippen LogP contribution in [0.1, 0.15) is 49.9 Å². The molecule has 0 saturated heterocycles. The number of hydrogen-bond acceptors (Lipinski definition) is 0. The number of fused-ring (bicyclic) bond motifs is 6. The summed E-state index contributed by atoms with van der Waals surface area (Å²) >= 11 is 6.09. The van der Waals surface area contributed by atoms with Crippen LogP contribution in [0.25, 0.3) is 22.3 Å². The molecule has 5 rings (SSSR count). The highest BCUT2D eigenvalue weighted by molar-refractivity contribution is 14.1. The van der Waals surface area contributed by atoms with Crippen LogP contribution in [0.3, 0.4) is 0 Å². The molecule has 0 radical (unpaired) electrons. The second-order valence-electron chi connectivity index (χ2n) is 8.57. The smallest absolute Gasteiger partial charge is 0.0178 e. The maximum Gasteiger partial charge on any atom is 0.0178 e. The van der Waals surface area contributed by atoms with Crippen LogP contribution >= 0.6 is 38.5 Å². The van der Waals surface area contributed by atoms with Crippen molar-refractivity contribution in [2.75, 3.05) is 0 Å². The van der Waals surface area contributed by atoms with E-state index in [-0.39, 0.29) is 10.8 Å². The van der Waals surface area contributed by atoms with Gasteiger partial charge in [0.15, 0.2) is 0 Å². The van der Waals surface area contributed by atoms with Crippen LogP contribution < -0.4 is 0 Å². The van der Waals surface area contributed by atoms with Gasteiger partial charge in [0.1, 0.15) is 0 Å². The Bertz CT molecular complexity index is 1020. The second-order valence-corrected chi connectivity index (χ2v) is 10.7. The first-order chi connectivity index (χ1) is 12.2. The van der Waals surface area contributed by atoms with Gasteiger partial charge in [0.2, 0.25) is 0 Å². The van der Waals surface area contributed by atoms with Gasteiger partial charge in [-0.1, -0.05) is 55.8 Å². The Morgan fingerprint density at radius 2 is 1.08 bits per heavy atom. The van der Waals surface area contributed by atoms with E-state index in [1.807, 2.05) is 0 Å². The van der Waals surface area contributed by atoms with Gasteiger partial charge in [-0.15, -0.1) is 0 Å². The highest BCUT2D eigenvalue weighted by Gasteiger charge is 2.41. The lowest BCUT2D eigenvalue weighted by atomic mass is 9.79. The number of rotatable bonds is 0. The fourth-order valence-corrected chi connectivity index (χ4v) is 5.76. The van der Waals surface area contributed by atoms with Crippen LogP contribution in [0.4, 0.5) is 0 Å². The van der Waals surface area contributed by atoms with Gasteiger partial charge in [-0.05, 0) is 103 Å². The first kappa shape index (κ1) is 17.0. The number of benzene rings is 3. The van der Waals surface area contributed by atoms with Crippen LogP contribution in [0.15, 0.2) is 53.0 Å². The summed E-state index contributed by atoms with van der Waals surface area (Å²) in [5.41, 5.74) is 11.5. The summed E-state index contributed by atoms with van der Waals surface area (Å²) < 4.78 is 2.47. The summed E-state index contributed by atoms with van der Waals surface area (Å²) in [5, 5.41) is 0. The van der Waals surface area contributed by atoms with Crippen molar-refractivity contribution in [2.45, 2.75) is 38.5 Å². The van der Waals surface area contributed by atoms with Crippen molar-refractivity contribution in [1.82, 2.24) is 0 Å². The average molecular weight is 515 g/mol. The topological polar surface area (TPSA) is 0 Å². The monoisotopic (exact) mass is 514 g/mol. The summed E-state index contributed by atoms with van der Waals surface area (Å²) in [6.45, 7) is 9.43. The summed E-state index contributed by atoms with van der Waals surface area (Å²) in [7, 11) is 0. The van der Waals surface area contributed by atoms with Gasteiger partial charge in [0, 0.05) is 18.9 Å². The molecule has 0 nitrogen and oxygen atoms in total. The summed E-state index contributed by atoms with van der Waals surface area (Å²) in [6, 6.07) is 18.6. The van der Waals surface area contributed by atoms with Crippen LogP contribution in [0.5, 0.6) is 0 Å². The van der Waals surface area contributed by atoms with Crippen molar-refractivity contribution in [3.05, 3.63) is 78.8 Å². The third-order valence-electron chi connectivity index (χ3n) is 6.39. The lowest BCUT2D eigenvalue weighted by Gasteiger charge is -2.24. The van der Waals surface area contributed by atoms with E-state index in [1.54, 1.807) is 0 Å². The Hall–Kier alpha value is -1.13. The first-order valence-electron chi connectivity index (χ1n) is 9.01. The first-order valence-corrected chi connectivity index (χ1v) is 10.9. The van der Waals surface area contributed by atoms with Crippen LogP contribution in [0, 0.1) is 3.57 Å². The maximum absolute atomic E-state index is 3.66. The minimum absolute atomic E-state index is 0.0274. The number of halogens is 2. The molecule has 0 unspecified atom stereocenters. The molecule has 0 atom stereocenters. The van der Waals surface area contributed by atoms with Crippen LogP contribution in [0.2, 0.25) is 0 Å². The SMILES string of the molecule is CC1(C)c2cc(Br)ccc2-c2cc3c(cc21)-c1ccc(I)cc1C3(C)C. The molecule has 0 aliphatic heterocycles. The molecule has 0 bridgehead atoms. The molecule has 0 aromatic heterocycles. The van der Waals surface area contributed by atoms with Gasteiger partial charge in [0.25, 0.3) is 0 Å². The molecular formula is C24H20BrI. The Kier molecular flexibility index (Phi) is 3.42. The summed E-state index contributed by atoms with van der Waals surface area (Å²) in [4.78, 5) is 0. The van der Waals surface area contributed by atoms with Gasteiger partial charge in [-0.2, -0.15) is 0 Å². The number of hydrogen-bond donors (Lipinski definition) is 0. The van der Waals surface area contributed by atoms with Gasteiger partial charge in [-0.3, -0.25) is 0 Å². The highest BCUT2D eigenvalue weighted by atomic mass is 127. The normalized spacial score (nSPS) is 17.5. The van der Waals surface area contributed by atoms with E-state index in [4.69, 9.17) is 0 Å². The average Bonchev–Trinajstić information content (AvgIpc) is 2.93. The molecule has 2 aliphatic rings. The van der Waals surface area contributed by atoms with E-state index >= 15 is 0 Å². The quantitative estimate of drug-likeness (QED) is 0.270. The Morgan fingerprint density at radius 3 is 1.65 bits per heavy atom. The minimum atomic E-state index is 0.0274. The molecule has 0 amide bonds. The third kappa shape index (κ3) is 2.06. The molecule has 0 heterocycles. The molecule has 26 heavy (non-hydrogen) atoms.